The number of aryl methyl sites for hydroxylation is 1. The number of nitrogens with zero attached hydrogens (tertiary/aromatic N) is 2. The summed E-state index contributed by atoms with van der Waals surface area (Å²) in [5.41, 5.74) is 1.58. The van der Waals surface area contributed by atoms with Gasteiger partial charge in [0.2, 0.25) is 0 Å². The lowest BCUT2D eigenvalue weighted by atomic mass is 10.3. The van der Waals surface area contributed by atoms with Crippen molar-refractivity contribution in [1.29, 1.82) is 0 Å². The Morgan fingerprint density at radius 3 is 2.53 bits per heavy atom. The van der Waals surface area contributed by atoms with Gasteiger partial charge in [0.15, 0.2) is 0 Å². The summed E-state index contributed by atoms with van der Waals surface area (Å²) in [5, 5.41) is 9.95. The van der Waals surface area contributed by atoms with E-state index in [-0.39, 0.29) is 24.9 Å². The van der Waals surface area contributed by atoms with Crippen molar-refractivity contribution in [2.24, 2.45) is 7.05 Å². The Bertz CT molecular complexity index is 613. The molecule has 5 nitrogen and oxygen atoms in total. The van der Waals surface area contributed by atoms with Crippen LogP contribution in [-0.2, 0) is 18.3 Å². The van der Waals surface area contributed by atoms with Crippen LogP contribution in [0.5, 0.6) is 0 Å². The van der Waals surface area contributed by atoms with E-state index in [1.165, 1.54) is 0 Å². The fraction of sp³-hybridized carbons (Fsp3) is 0.500. The molecule has 19 heavy (non-hydrogen) atoms. The smallest absolute Gasteiger partial charge is 0.328 e. The number of aromatic nitrogens is 2. The van der Waals surface area contributed by atoms with Gasteiger partial charge in [-0.1, -0.05) is 12.1 Å². The second-order valence-electron chi connectivity index (χ2n) is 4.98. The van der Waals surface area contributed by atoms with Gasteiger partial charge in [0, 0.05) is 7.05 Å². The number of fused-ring (bicyclic) bond motifs is 1. The first-order valence-electron chi connectivity index (χ1n) is 6.44. The van der Waals surface area contributed by atoms with Crippen molar-refractivity contribution in [2.45, 2.75) is 32.6 Å². The monoisotopic (exact) mass is 264 g/mol. The van der Waals surface area contributed by atoms with Gasteiger partial charge in [0.1, 0.15) is 0 Å². The highest BCUT2D eigenvalue weighted by molar-refractivity contribution is 5.75. The highest BCUT2D eigenvalue weighted by Gasteiger charge is 2.14. The van der Waals surface area contributed by atoms with Gasteiger partial charge < -0.3 is 9.84 Å². The van der Waals surface area contributed by atoms with Crippen molar-refractivity contribution < 1.29 is 9.84 Å². The Hall–Kier alpha value is -1.59. The minimum absolute atomic E-state index is 0.0684. The molecule has 1 atom stereocenters. The molecule has 1 heterocycles. The Kier molecular flexibility index (Phi) is 4.07. The lowest BCUT2D eigenvalue weighted by molar-refractivity contribution is -0.000657. The zero-order chi connectivity index (χ0) is 14.0. The van der Waals surface area contributed by atoms with Crippen LogP contribution in [0, 0.1) is 0 Å². The molecule has 0 aliphatic heterocycles. The first-order valence-corrected chi connectivity index (χ1v) is 6.44. The van der Waals surface area contributed by atoms with Crippen molar-refractivity contribution in [3.05, 3.63) is 34.7 Å². The van der Waals surface area contributed by atoms with E-state index in [1.807, 2.05) is 38.1 Å². The Balaban J connectivity index is 2.25. The standard InChI is InChI=1S/C14H20N2O3/c1-10(2)19-9-11(17)8-16-13-7-5-4-6-12(13)15(3)14(16)18/h4-7,10-11,17H,8-9H2,1-3H3/t11-/m0/s1. The molecule has 2 rings (SSSR count). The van der Waals surface area contributed by atoms with E-state index in [4.69, 9.17) is 4.74 Å². The number of imidazole rings is 1. The zero-order valence-electron chi connectivity index (χ0n) is 11.5. The Morgan fingerprint density at radius 1 is 1.26 bits per heavy atom. The minimum atomic E-state index is -0.689. The van der Waals surface area contributed by atoms with Crippen LogP contribution in [0.15, 0.2) is 29.1 Å². The second-order valence-corrected chi connectivity index (χ2v) is 4.98. The van der Waals surface area contributed by atoms with Gasteiger partial charge in [0.05, 0.1) is 36.4 Å². The van der Waals surface area contributed by atoms with Crippen molar-refractivity contribution in [2.75, 3.05) is 6.61 Å². The van der Waals surface area contributed by atoms with Crippen LogP contribution < -0.4 is 5.69 Å². The molecule has 0 unspecified atom stereocenters. The molecule has 1 N–H and O–H groups in total. The average Bonchev–Trinajstić information content (AvgIpc) is 2.62. The summed E-state index contributed by atoms with van der Waals surface area (Å²) in [5.74, 6) is 0. The van der Waals surface area contributed by atoms with E-state index in [2.05, 4.69) is 0 Å². The highest BCUT2D eigenvalue weighted by Crippen LogP contribution is 2.12. The Labute approximate surface area is 112 Å². The van der Waals surface area contributed by atoms with E-state index in [0.717, 1.165) is 11.0 Å². The second kappa shape index (κ2) is 5.59. The predicted molar refractivity (Wildman–Crippen MR) is 74.3 cm³/mol. The summed E-state index contributed by atoms with van der Waals surface area (Å²) < 4.78 is 8.54. The largest absolute Gasteiger partial charge is 0.389 e. The maximum atomic E-state index is 12.1. The van der Waals surface area contributed by atoms with E-state index in [1.54, 1.807) is 16.2 Å². The van der Waals surface area contributed by atoms with Gasteiger partial charge in [-0.25, -0.2) is 4.79 Å². The minimum Gasteiger partial charge on any atom is -0.389 e. The number of rotatable bonds is 5. The number of ether oxygens (including phenoxy) is 1. The fourth-order valence-corrected chi connectivity index (χ4v) is 2.11. The molecule has 0 spiro atoms. The third kappa shape index (κ3) is 2.88. The zero-order valence-corrected chi connectivity index (χ0v) is 11.5. The van der Waals surface area contributed by atoms with Crippen molar-refractivity contribution in [1.82, 2.24) is 9.13 Å². The SMILES string of the molecule is CC(C)OC[C@@H](O)Cn1c(=O)n(C)c2ccccc21. The summed E-state index contributed by atoms with van der Waals surface area (Å²) >= 11 is 0. The number of aliphatic hydroxyl groups excluding tert-OH is 1. The highest BCUT2D eigenvalue weighted by atomic mass is 16.5. The van der Waals surface area contributed by atoms with Crippen LogP contribution in [0.1, 0.15) is 13.8 Å². The molecule has 0 amide bonds. The van der Waals surface area contributed by atoms with E-state index in [0.29, 0.717) is 0 Å². The summed E-state index contributed by atoms with van der Waals surface area (Å²) in [6.45, 7) is 4.30. The predicted octanol–water partition coefficient (Wildman–Crippen LogP) is 1.13. The number of benzene rings is 1. The molecule has 0 fully saturated rings. The number of hydrogen-bond acceptors (Lipinski definition) is 3. The summed E-state index contributed by atoms with van der Waals surface area (Å²) in [6, 6.07) is 7.55. The van der Waals surface area contributed by atoms with E-state index in [9.17, 15) is 9.90 Å². The maximum Gasteiger partial charge on any atom is 0.328 e. The Morgan fingerprint density at radius 2 is 1.89 bits per heavy atom. The van der Waals surface area contributed by atoms with Gasteiger partial charge >= 0.3 is 5.69 Å². The van der Waals surface area contributed by atoms with Crippen LogP contribution in [-0.4, -0.2) is 33.1 Å². The van der Waals surface area contributed by atoms with Crippen molar-refractivity contribution in [3.8, 4) is 0 Å². The molecular weight excluding hydrogens is 244 g/mol. The van der Waals surface area contributed by atoms with Gasteiger partial charge in [-0.3, -0.25) is 9.13 Å². The van der Waals surface area contributed by atoms with Crippen molar-refractivity contribution in [3.63, 3.8) is 0 Å². The molecule has 0 aliphatic carbocycles. The maximum absolute atomic E-state index is 12.1. The van der Waals surface area contributed by atoms with Gasteiger partial charge in [-0.2, -0.15) is 0 Å². The lowest BCUT2D eigenvalue weighted by Crippen LogP contribution is -2.30. The number of hydrogen-bond donors (Lipinski definition) is 1. The lowest BCUT2D eigenvalue weighted by Gasteiger charge is -2.14. The number of para-hydroxylation sites is 2. The molecule has 1 aromatic heterocycles. The third-order valence-corrected chi connectivity index (χ3v) is 3.07. The molecule has 2 aromatic rings. The van der Waals surface area contributed by atoms with Crippen LogP contribution in [0.25, 0.3) is 11.0 Å². The van der Waals surface area contributed by atoms with Gasteiger partial charge in [-0.05, 0) is 26.0 Å². The summed E-state index contributed by atoms with van der Waals surface area (Å²) in [4.78, 5) is 12.1. The van der Waals surface area contributed by atoms with Crippen LogP contribution in [0.3, 0.4) is 0 Å². The van der Waals surface area contributed by atoms with Crippen molar-refractivity contribution >= 4 is 11.0 Å². The van der Waals surface area contributed by atoms with E-state index < -0.39 is 6.10 Å². The topological polar surface area (TPSA) is 56.4 Å². The van der Waals surface area contributed by atoms with Gasteiger partial charge in [0.25, 0.3) is 0 Å². The molecule has 0 saturated heterocycles. The molecule has 104 valence electrons. The third-order valence-electron chi connectivity index (χ3n) is 3.07. The first-order chi connectivity index (χ1) is 9.00. The molecule has 0 aliphatic rings. The molecular formula is C14H20N2O3. The summed E-state index contributed by atoms with van der Waals surface area (Å²) in [6.07, 6.45) is -0.621. The van der Waals surface area contributed by atoms with Crippen LogP contribution in [0.2, 0.25) is 0 Å². The van der Waals surface area contributed by atoms with E-state index >= 15 is 0 Å². The van der Waals surface area contributed by atoms with Crippen LogP contribution in [0.4, 0.5) is 0 Å². The molecule has 1 aromatic carbocycles. The number of aliphatic hydroxyl groups is 1. The fourth-order valence-electron chi connectivity index (χ4n) is 2.11. The summed E-state index contributed by atoms with van der Waals surface area (Å²) in [7, 11) is 1.73. The molecule has 0 radical (unpaired) electrons. The molecule has 0 bridgehead atoms. The molecule has 0 saturated carbocycles. The normalized spacial score (nSPS) is 13.3. The quantitative estimate of drug-likeness (QED) is 0.880. The van der Waals surface area contributed by atoms with Gasteiger partial charge in [-0.15, -0.1) is 0 Å². The first kappa shape index (κ1) is 13.8. The average molecular weight is 264 g/mol. The van der Waals surface area contributed by atoms with Crippen LogP contribution >= 0.6 is 0 Å². The molecule has 5 heteroatoms.